The normalized spacial score (nSPS) is 14.3. The SMILES string of the molecule is CCCCCCC/C=C\C/C=C\CCCCCCCCCCCCCCCCCCCCCCCC(=O)NC(COP(=O)([O-])OCC[N+](C)(C)C)C(O)/C=C/CCCCCCCC. The molecule has 0 aliphatic carbocycles. The third-order valence-electron chi connectivity index (χ3n) is 12.1. The van der Waals surface area contributed by atoms with Crippen molar-refractivity contribution in [2.45, 2.75) is 264 Å². The molecule has 0 fully saturated rings. The lowest BCUT2D eigenvalue weighted by atomic mass is 10.0. The van der Waals surface area contributed by atoms with E-state index in [2.05, 4.69) is 43.5 Å². The molecule has 3 unspecified atom stereocenters. The number of allylic oxidation sites excluding steroid dienone is 5. The second kappa shape index (κ2) is 45.9. The fourth-order valence-corrected chi connectivity index (χ4v) is 8.55. The number of carbonyl (C=O) groups is 1. The zero-order valence-corrected chi connectivity index (χ0v) is 43.2. The number of phosphoric acid groups is 1. The molecule has 0 aliphatic rings. The van der Waals surface area contributed by atoms with Crippen molar-refractivity contribution in [1.82, 2.24) is 5.32 Å². The van der Waals surface area contributed by atoms with E-state index in [1.54, 1.807) is 6.08 Å². The lowest BCUT2D eigenvalue weighted by Gasteiger charge is -2.29. The van der Waals surface area contributed by atoms with E-state index in [-0.39, 0.29) is 19.1 Å². The average molecular weight is 909 g/mol. The van der Waals surface area contributed by atoms with Crippen LogP contribution in [0.3, 0.4) is 0 Å². The van der Waals surface area contributed by atoms with E-state index in [9.17, 15) is 19.4 Å². The molecule has 0 saturated carbocycles. The average Bonchev–Trinajstić information content (AvgIpc) is 3.24. The van der Waals surface area contributed by atoms with E-state index < -0.39 is 20.0 Å². The number of quaternary nitrogens is 1. The highest BCUT2D eigenvalue weighted by molar-refractivity contribution is 7.45. The van der Waals surface area contributed by atoms with E-state index >= 15 is 0 Å². The summed E-state index contributed by atoms with van der Waals surface area (Å²) in [4.78, 5) is 25.3. The summed E-state index contributed by atoms with van der Waals surface area (Å²) in [6.45, 7) is 4.60. The Kier molecular flexibility index (Phi) is 44.9. The van der Waals surface area contributed by atoms with Gasteiger partial charge in [-0.1, -0.05) is 230 Å². The summed E-state index contributed by atoms with van der Waals surface area (Å²) in [5.41, 5.74) is 0. The van der Waals surface area contributed by atoms with Gasteiger partial charge in [0.05, 0.1) is 39.9 Å². The molecule has 0 aromatic carbocycles. The number of aliphatic hydroxyl groups is 1. The maximum Gasteiger partial charge on any atom is 0.268 e. The number of aliphatic hydroxyl groups excluding tert-OH is 1. The van der Waals surface area contributed by atoms with Gasteiger partial charge in [0.25, 0.3) is 7.82 Å². The smallest absolute Gasteiger partial charge is 0.268 e. The molecule has 3 atom stereocenters. The molecule has 0 spiro atoms. The molecule has 372 valence electrons. The first-order chi connectivity index (χ1) is 30.5. The summed E-state index contributed by atoms with van der Waals surface area (Å²) in [5, 5.41) is 13.7. The Hall–Kier alpha value is -1.28. The predicted octanol–water partition coefficient (Wildman–Crippen LogP) is 15.2. The van der Waals surface area contributed by atoms with Crippen molar-refractivity contribution in [3.63, 3.8) is 0 Å². The molecular weight excluding hydrogens is 804 g/mol. The Bertz CT molecular complexity index is 1120. The van der Waals surface area contributed by atoms with Crippen molar-refractivity contribution in [1.29, 1.82) is 0 Å². The van der Waals surface area contributed by atoms with Crippen LogP contribution in [0.15, 0.2) is 36.5 Å². The van der Waals surface area contributed by atoms with Crippen LogP contribution in [0, 0.1) is 0 Å². The van der Waals surface area contributed by atoms with E-state index in [1.165, 1.54) is 186 Å². The van der Waals surface area contributed by atoms with Crippen LogP contribution in [0.1, 0.15) is 251 Å². The zero-order valence-electron chi connectivity index (χ0n) is 42.3. The van der Waals surface area contributed by atoms with Crippen molar-refractivity contribution in [3.8, 4) is 0 Å². The maximum atomic E-state index is 12.9. The molecule has 8 nitrogen and oxygen atoms in total. The Morgan fingerprint density at radius 1 is 0.556 bits per heavy atom. The number of phosphoric ester groups is 1. The molecule has 1 amide bonds. The van der Waals surface area contributed by atoms with Gasteiger partial charge in [-0.2, -0.15) is 0 Å². The van der Waals surface area contributed by atoms with Crippen LogP contribution < -0.4 is 10.2 Å². The van der Waals surface area contributed by atoms with Gasteiger partial charge in [-0.15, -0.1) is 0 Å². The first kappa shape index (κ1) is 61.7. The molecule has 0 aromatic rings. The van der Waals surface area contributed by atoms with Gasteiger partial charge in [-0.05, 0) is 51.4 Å². The molecule has 0 bridgehead atoms. The summed E-state index contributed by atoms with van der Waals surface area (Å²) in [7, 11) is 1.26. The Morgan fingerprint density at radius 3 is 1.32 bits per heavy atom. The summed E-state index contributed by atoms with van der Waals surface area (Å²) in [5.74, 6) is -0.198. The second-order valence-electron chi connectivity index (χ2n) is 19.6. The number of nitrogens with one attached hydrogen (secondary N) is 1. The maximum absolute atomic E-state index is 12.9. The second-order valence-corrected chi connectivity index (χ2v) is 21.0. The number of amides is 1. The van der Waals surface area contributed by atoms with Crippen molar-refractivity contribution in [3.05, 3.63) is 36.5 Å². The fraction of sp³-hybridized carbons (Fsp3) is 0.870. The first-order valence-corrected chi connectivity index (χ1v) is 28.3. The molecule has 63 heavy (non-hydrogen) atoms. The number of unbranched alkanes of at least 4 members (excludes halogenated alkanes) is 32. The van der Waals surface area contributed by atoms with Crippen LogP contribution in [0.25, 0.3) is 0 Å². The number of hydrogen-bond donors (Lipinski definition) is 2. The lowest BCUT2D eigenvalue weighted by molar-refractivity contribution is -0.870. The molecule has 0 rings (SSSR count). The molecule has 0 saturated heterocycles. The quantitative estimate of drug-likeness (QED) is 0.0272. The molecule has 0 aliphatic heterocycles. The molecule has 0 heterocycles. The molecule has 0 aromatic heterocycles. The van der Waals surface area contributed by atoms with Gasteiger partial charge in [-0.25, -0.2) is 0 Å². The highest BCUT2D eigenvalue weighted by Crippen LogP contribution is 2.38. The fourth-order valence-electron chi connectivity index (χ4n) is 7.83. The van der Waals surface area contributed by atoms with Gasteiger partial charge in [0, 0.05) is 6.42 Å². The number of nitrogens with zero attached hydrogens (tertiary/aromatic N) is 1. The Balaban J connectivity index is 3.88. The lowest BCUT2D eigenvalue weighted by Crippen LogP contribution is -2.45. The van der Waals surface area contributed by atoms with Crippen molar-refractivity contribution < 1.29 is 32.9 Å². The third kappa shape index (κ3) is 48.5. The molecule has 0 radical (unpaired) electrons. The minimum absolute atomic E-state index is 0.0000118. The monoisotopic (exact) mass is 909 g/mol. The van der Waals surface area contributed by atoms with Crippen molar-refractivity contribution in [2.75, 3.05) is 40.9 Å². The summed E-state index contributed by atoms with van der Waals surface area (Å²) < 4.78 is 23.2. The summed E-state index contributed by atoms with van der Waals surface area (Å²) >= 11 is 0. The van der Waals surface area contributed by atoms with Gasteiger partial charge in [0.2, 0.25) is 5.91 Å². The van der Waals surface area contributed by atoms with Gasteiger partial charge in [0.1, 0.15) is 13.2 Å². The van der Waals surface area contributed by atoms with Crippen LogP contribution in [-0.4, -0.2) is 68.5 Å². The minimum Gasteiger partial charge on any atom is -0.756 e. The van der Waals surface area contributed by atoms with E-state index in [0.717, 1.165) is 44.9 Å². The molecule has 2 N–H and O–H groups in total. The third-order valence-corrected chi connectivity index (χ3v) is 13.1. The Labute approximate surface area is 391 Å². The number of carbonyl (C=O) groups excluding carboxylic acids is 1. The highest BCUT2D eigenvalue weighted by Gasteiger charge is 2.23. The predicted molar refractivity (Wildman–Crippen MR) is 270 cm³/mol. The van der Waals surface area contributed by atoms with Crippen LogP contribution in [-0.2, 0) is 18.4 Å². The number of hydrogen-bond acceptors (Lipinski definition) is 6. The van der Waals surface area contributed by atoms with Crippen LogP contribution in [0.5, 0.6) is 0 Å². The standard InChI is InChI=1S/C54H105N2O6P/c1-6-8-10-12-14-16-17-18-19-20-21-22-23-24-25-26-27-28-29-30-31-32-33-34-35-36-37-38-39-40-42-44-46-48-54(58)55-52(51-62-63(59,60)61-50-49-56(3,4)5)53(57)47-45-43-41-15-13-11-9-7-2/h17-18,20-21,45,47,52-53,57H,6-16,19,22-44,46,48-51H2,1-5H3,(H-,55,58,59,60)/b18-17-,21-20-,47-45+. The summed E-state index contributed by atoms with van der Waals surface area (Å²) in [6, 6.07) is -0.881. The van der Waals surface area contributed by atoms with Gasteiger partial charge < -0.3 is 28.8 Å². The van der Waals surface area contributed by atoms with E-state index in [4.69, 9.17) is 9.05 Å². The highest BCUT2D eigenvalue weighted by atomic mass is 31.2. The topological polar surface area (TPSA) is 108 Å². The largest absolute Gasteiger partial charge is 0.756 e. The van der Waals surface area contributed by atoms with Crippen molar-refractivity contribution >= 4 is 13.7 Å². The minimum atomic E-state index is -4.58. The van der Waals surface area contributed by atoms with E-state index in [0.29, 0.717) is 17.4 Å². The Morgan fingerprint density at radius 2 is 0.921 bits per heavy atom. The van der Waals surface area contributed by atoms with Gasteiger partial charge in [0.15, 0.2) is 0 Å². The molecule has 9 heteroatoms. The zero-order chi connectivity index (χ0) is 46.4. The van der Waals surface area contributed by atoms with Crippen molar-refractivity contribution in [2.24, 2.45) is 0 Å². The van der Waals surface area contributed by atoms with Crippen LogP contribution in [0.2, 0.25) is 0 Å². The van der Waals surface area contributed by atoms with Gasteiger partial charge in [-0.3, -0.25) is 9.36 Å². The number of rotatable bonds is 49. The summed E-state index contributed by atoms with van der Waals surface area (Å²) in [6.07, 6.45) is 58.2. The first-order valence-electron chi connectivity index (χ1n) is 26.9. The van der Waals surface area contributed by atoms with Crippen LogP contribution in [0.4, 0.5) is 0 Å². The van der Waals surface area contributed by atoms with E-state index in [1.807, 2.05) is 27.2 Å². The van der Waals surface area contributed by atoms with Gasteiger partial charge >= 0.3 is 0 Å². The van der Waals surface area contributed by atoms with Crippen LogP contribution >= 0.6 is 7.82 Å². The molecular formula is C54H105N2O6P. The number of likely N-dealkylation sites (N-methyl/N-ethyl adjacent to an activating group) is 1.